The monoisotopic (exact) mass is 488 g/mol. The number of aliphatic hydroxyl groups is 1. The Balaban J connectivity index is 0.000000283. The van der Waals surface area contributed by atoms with Crippen LogP contribution in [0.2, 0.25) is 0 Å². The van der Waals surface area contributed by atoms with Gasteiger partial charge in [0.2, 0.25) is 0 Å². The molecule has 3 saturated heterocycles. The number of amides is 2. The van der Waals surface area contributed by atoms with Crippen LogP contribution in [0.3, 0.4) is 0 Å². The van der Waals surface area contributed by atoms with Gasteiger partial charge in [-0.3, -0.25) is 0 Å². The highest BCUT2D eigenvalue weighted by Gasteiger charge is 2.32. The Morgan fingerprint density at radius 1 is 0.824 bits per heavy atom. The van der Waals surface area contributed by atoms with Crippen LogP contribution in [0, 0.1) is 0 Å². The van der Waals surface area contributed by atoms with Gasteiger partial charge in [0.15, 0.2) is 0 Å². The van der Waals surface area contributed by atoms with Crippen molar-refractivity contribution in [2.45, 2.75) is 103 Å². The Labute approximate surface area is 206 Å². The zero-order valence-electron chi connectivity index (χ0n) is 22.4. The molecule has 0 aromatic rings. The lowest BCUT2D eigenvalue weighted by Crippen LogP contribution is -2.41. The number of ether oxygens (including phenoxy) is 4. The van der Waals surface area contributed by atoms with Crippen LogP contribution >= 0.6 is 0 Å². The van der Waals surface area contributed by atoms with E-state index in [2.05, 4.69) is 0 Å². The quantitative estimate of drug-likeness (QED) is 0.635. The van der Waals surface area contributed by atoms with E-state index >= 15 is 0 Å². The molecule has 3 aliphatic heterocycles. The van der Waals surface area contributed by atoms with Crippen LogP contribution in [0.5, 0.6) is 0 Å². The number of aliphatic hydroxyl groups excluding tert-OH is 1. The van der Waals surface area contributed by atoms with E-state index in [1.165, 1.54) is 12.8 Å². The SMILES string of the molecule is C1CCOC1.CC(C)(C)OC(=O)N1CCC[C@H]1CO.COC[C@@H]1CCCN1C(=O)OC(C)(C)C. The maximum absolute atomic E-state index is 11.8. The molecule has 2 amide bonds. The maximum atomic E-state index is 11.8. The zero-order chi connectivity index (χ0) is 25.8. The molecule has 0 aliphatic carbocycles. The summed E-state index contributed by atoms with van der Waals surface area (Å²) >= 11 is 0. The van der Waals surface area contributed by atoms with Crippen molar-refractivity contribution >= 4 is 12.2 Å². The molecule has 200 valence electrons. The smallest absolute Gasteiger partial charge is 0.410 e. The first-order valence-corrected chi connectivity index (χ1v) is 12.5. The summed E-state index contributed by atoms with van der Waals surface area (Å²) in [5.41, 5.74) is -0.878. The number of carbonyl (C=O) groups is 2. The van der Waals surface area contributed by atoms with Gasteiger partial charge in [-0.1, -0.05) is 0 Å². The number of likely N-dealkylation sites (tertiary alicyclic amines) is 2. The lowest BCUT2D eigenvalue weighted by Gasteiger charge is -2.28. The van der Waals surface area contributed by atoms with E-state index in [1.807, 2.05) is 41.5 Å². The normalized spacial score (nSPS) is 22.5. The number of nitrogens with zero attached hydrogens (tertiary/aromatic N) is 2. The molecule has 9 heteroatoms. The minimum absolute atomic E-state index is 0.0270. The van der Waals surface area contributed by atoms with E-state index < -0.39 is 11.2 Å². The summed E-state index contributed by atoms with van der Waals surface area (Å²) in [5.74, 6) is 0. The highest BCUT2D eigenvalue weighted by molar-refractivity contribution is 5.69. The molecule has 3 aliphatic rings. The Hall–Kier alpha value is -1.58. The van der Waals surface area contributed by atoms with Crippen molar-refractivity contribution in [3.8, 4) is 0 Å². The molecule has 0 radical (unpaired) electrons. The van der Waals surface area contributed by atoms with Gasteiger partial charge in [0.25, 0.3) is 0 Å². The van der Waals surface area contributed by atoms with Crippen molar-refractivity contribution in [1.29, 1.82) is 0 Å². The summed E-state index contributed by atoms with van der Waals surface area (Å²) in [6.45, 7) is 15.3. The Morgan fingerprint density at radius 2 is 1.26 bits per heavy atom. The summed E-state index contributed by atoms with van der Waals surface area (Å²) in [4.78, 5) is 26.8. The van der Waals surface area contributed by atoms with Gasteiger partial charge in [-0.25, -0.2) is 9.59 Å². The number of carbonyl (C=O) groups excluding carboxylic acids is 2. The summed E-state index contributed by atoms with van der Waals surface area (Å²) in [6.07, 6.45) is 5.89. The minimum Gasteiger partial charge on any atom is -0.444 e. The predicted octanol–water partition coefficient (Wildman–Crippen LogP) is 4.21. The second-order valence-corrected chi connectivity index (χ2v) is 10.9. The first-order chi connectivity index (χ1) is 15.9. The van der Waals surface area contributed by atoms with Crippen LogP contribution in [0.25, 0.3) is 0 Å². The van der Waals surface area contributed by atoms with Gasteiger partial charge in [-0.15, -0.1) is 0 Å². The molecule has 3 fully saturated rings. The van der Waals surface area contributed by atoms with E-state index in [0.29, 0.717) is 13.2 Å². The molecular weight excluding hydrogens is 440 g/mol. The van der Waals surface area contributed by atoms with Crippen molar-refractivity contribution in [2.24, 2.45) is 0 Å². The molecule has 3 heterocycles. The summed E-state index contributed by atoms with van der Waals surface area (Å²) in [7, 11) is 1.66. The van der Waals surface area contributed by atoms with Gasteiger partial charge in [-0.2, -0.15) is 0 Å². The van der Waals surface area contributed by atoms with Gasteiger partial charge in [0, 0.05) is 33.4 Å². The summed E-state index contributed by atoms with van der Waals surface area (Å²) in [5, 5.41) is 9.03. The fourth-order valence-corrected chi connectivity index (χ4v) is 3.86. The van der Waals surface area contributed by atoms with Crippen LogP contribution in [0.4, 0.5) is 9.59 Å². The Bertz CT molecular complexity index is 589. The van der Waals surface area contributed by atoms with Crippen molar-refractivity contribution < 1.29 is 33.6 Å². The van der Waals surface area contributed by atoms with Crippen LogP contribution in [-0.4, -0.2) is 97.0 Å². The third kappa shape index (κ3) is 12.2. The van der Waals surface area contributed by atoms with Crippen molar-refractivity contribution in [2.75, 3.05) is 46.6 Å². The highest BCUT2D eigenvalue weighted by atomic mass is 16.6. The number of methoxy groups -OCH3 is 1. The molecular formula is C25H48N2O7. The maximum Gasteiger partial charge on any atom is 0.410 e. The molecule has 0 unspecified atom stereocenters. The topological polar surface area (TPSA) is 97.8 Å². The van der Waals surface area contributed by atoms with Crippen molar-refractivity contribution in [3.63, 3.8) is 0 Å². The van der Waals surface area contributed by atoms with E-state index in [1.54, 1.807) is 16.9 Å². The standard InChI is InChI=1S/C11H21NO3.C10H19NO3.C4H8O/c1-11(2,3)15-10(13)12-7-5-6-9(12)8-14-4;1-10(2,3)14-9(13)11-6-4-5-8(11)7-12;1-2-4-5-3-1/h9H,5-8H2,1-4H3;8,12H,4-7H2,1-3H3;1-4H2/t9-;8-;/m00./s1. The average Bonchev–Trinajstić information content (AvgIpc) is 3.48. The van der Waals surface area contributed by atoms with E-state index in [9.17, 15) is 9.59 Å². The molecule has 0 aromatic carbocycles. The summed E-state index contributed by atoms with van der Waals surface area (Å²) < 4.78 is 20.6. The molecule has 0 aromatic heterocycles. The first-order valence-electron chi connectivity index (χ1n) is 12.5. The van der Waals surface area contributed by atoms with Gasteiger partial charge in [0.1, 0.15) is 11.2 Å². The van der Waals surface area contributed by atoms with Crippen molar-refractivity contribution in [1.82, 2.24) is 9.80 Å². The minimum atomic E-state index is -0.459. The van der Waals surface area contributed by atoms with Gasteiger partial charge >= 0.3 is 12.2 Å². The zero-order valence-corrected chi connectivity index (χ0v) is 22.4. The van der Waals surface area contributed by atoms with Gasteiger partial charge in [0.05, 0.1) is 25.3 Å². The molecule has 34 heavy (non-hydrogen) atoms. The molecule has 2 atom stereocenters. The fraction of sp³-hybridized carbons (Fsp3) is 0.920. The van der Waals surface area contributed by atoms with Crippen molar-refractivity contribution in [3.05, 3.63) is 0 Å². The lowest BCUT2D eigenvalue weighted by molar-refractivity contribution is 0.0145. The van der Waals surface area contributed by atoms with E-state index in [0.717, 1.165) is 45.4 Å². The van der Waals surface area contributed by atoms with E-state index in [-0.39, 0.29) is 30.9 Å². The average molecular weight is 489 g/mol. The van der Waals surface area contributed by atoms with E-state index in [4.69, 9.17) is 24.1 Å². The van der Waals surface area contributed by atoms with Crippen LogP contribution in [-0.2, 0) is 18.9 Å². The number of hydrogen-bond donors (Lipinski definition) is 1. The molecule has 0 bridgehead atoms. The Morgan fingerprint density at radius 3 is 1.62 bits per heavy atom. The second kappa shape index (κ2) is 14.7. The highest BCUT2D eigenvalue weighted by Crippen LogP contribution is 2.21. The van der Waals surface area contributed by atoms with Gasteiger partial charge < -0.3 is 33.9 Å². The molecule has 3 rings (SSSR count). The van der Waals surface area contributed by atoms with Crippen LogP contribution in [0.15, 0.2) is 0 Å². The Kier molecular flexibility index (Phi) is 13.2. The third-order valence-electron chi connectivity index (χ3n) is 5.41. The molecule has 9 nitrogen and oxygen atoms in total. The number of rotatable bonds is 3. The number of hydrogen-bond acceptors (Lipinski definition) is 7. The second-order valence-electron chi connectivity index (χ2n) is 10.9. The third-order valence-corrected chi connectivity index (χ3v) is 5.41. The lowest BCUT2D eigenvalue weighted by atomic mass is 10.2. The van der Waals surface area contributed by atoms with Crippen LogP contribution < -0.4 is 0 Å². The molecule has 0 spiro atoms. The molecule has 1 N–H and O–H groups in total. The first kappa shape index (κ1) is 30.5. The largest absolute Gasteiger partial charge is 0.444 e. The van der Waals surface area contributed by atoms with Gasteiger partial charge in [-0.05, 0) is 80.1 Å². The summed E-state index contributed by atoms with van der Waals surface area (Å²) in [6, 6.07) is 0.134. The van der Waals surface area contributed by atoms with Crippen LogP contribution in [0.1, 0.15) is 80.1 Å². The molecule has 0 saturated carbocycles. The fourth-order valence-electron chi connectivity index (χ4n) is 3.86. The predicted molar refractivity (Wildman–Crippen MR) is 131 cm³/mol.